The summed E-state index contributed by atoms with van der Waals surface area (Å²) in [6.45, 7) is 3.56. The van der Waals surface area contributed by atoms with Crippen LogP contribution in [0.4, 0.5) is 0 Å². The summed E-state index contributed by atoms with van der Waals surface area (Å²) in [6.07, 6.45) is 10.7. The molecular formula is C26H35N3O3. The van der Waals surface area contributed by atoms with E-state index in [1.54, 1.807) is 13.8 Å². The number of hydrogen-bond donors (Lipinski definition) is 1. The van der Waals surface area contributed by atoms with Gasteiger partial charge >= 0.3 is 0 Å². The summed E-state index contributed by atoms with van der Waals surface area (Å²) in [5.74, 6) is 0.280. The number of nitrogens with one attached hydrogen (secondary N) is 1. The standard InChI is InChI=1S/C26H35N3O3/c1-18-23(19(2)32-28-18)26(31)29(22-16-10-5-11-17-22)24(20-12-6-3-7-13-20)25(30)27-21-14-8-4-9-15-21/h3,6-7,12-13,21-22,24H,4-5,8-11,14-17H2,1-2H3,(H,27,30). The van der Waals surface area contributed by atoms with Crippen LogP contribution in [0.1, 0.15) is 97.6 Å². The van der Waals surface area contributed by atoms with Crippen LogP contribution >= 0.6 is 0 Å². The summed E-state index contributed by atoms with van der Waals surface area (Å²) >= 11 is 0. The highest BCUT2D eigenvalue weighted by molar-refractivity contribution is 5.99. The number of amides is 2. The molecule has 2 aromatic rings. The molecule has 0 saturated heterocycles. The molecule has 0 radical (unpaired) electrons. The molecule has 2 fully saturated rings. The van der Waals surface area contributed by atoms with Crippen molar-refractivity contribution in [3.63, 3.8) is 0 Å². The summed E-state index contributed by atoms with van der Waals surface area (Å²) in [6, 6.07) is 9.29. The van der Waals surface area contributed by atoms with E-state index in [2.05, 4.69) is 10.5 Å². The van der Waals surface area contributed by atoms with Gasteiger partial charge in [-0.1, -0.05) is 74.0 Å². The van der Waals surface area contributed by atoms with Crippen LogP contribution in [0.3, 0.4) is 0 Å². The van der Waals surface area contributed by atoms with Crippen LogP contribution in [0.15, 0.2) is 34.9 Å². The third-order valence-corrected chi connectivity index (χ3v) is 7.04. The van der Waals surface area contributed by atoms with Crippen LogP contribution in [0, 0.1) is 13.8 Å². The van der Waals surface area contributed by atoms with Crippen molar-refractivity contribution in [3.8, 4) is 0 Å². The maximum atomic E-state index is 14.0. The normalized spacial score (nSPS) is 18.8. The Balaban J connectivity index is 1.73. The Hall–Kier alpha value is -2.63. The van der Waals surface area contributed by atoms with Gasteiger partial charge in [0.1, 0.15) is 17.4 Å². The molecule has 2 saturated carbocycles. The minimum absolute atomic E-state index is 0.0206. The van der Waals surface area contributed by atoms with Crippen LogP contribution in [-0.2, 0) is 4.79 Å². The van der Waals surface area contributed by atoms with Gasteiger partial charge in [0.2, 0.25) is 5.91 Å². The van der Waals surface area contributed by atoms with Crippen molar-refractivity contribution >= 4 is 11.8 Å². The molecule has 1 atom stereocenters. The lowest BCUT2D eigenvalue weighted by atomic mass is 9.90. The number of nitrogens with zero attached hydrogens (tertiary/aromatic N) is 2. The number of carbonyl (C=O) groups is 2. The molecule has 2 aliphatic rings. The van der Waals surface area contributed by atoms with E-state index in [0.717, 1.165) is 56.9 Å². The molecule has 4 rings (SSSR count). The van der Waals surface area contributed by atoms with Crippen molar-refractivity contribution < 1.29 is 14.1 Å². The quantitative estimate of drug-likeness (QED) is 0.669. The zero-order chi connectivity index (χ0) is 22.5. The van der Waals surface area contributed by atoms with Gasteiger partial charge in [-0.3, -0.25) is 9.59 Å². The molecule has 2 aliphatic carbocycles. The minimum atomic E-state index is -0.664. The number of aromatic nitrogens is 1. The van der Waals surface area contributed by atoms with Crippen molar-refractivity contribution in [3.05, 3.63) is 52.9 Å². The second kappa shape index (κ2) is 10.3. The van der Waals surface area contributed by atoms with Crippen LogP contribution in [-0.4, -0.2) is 34.0 Å². The van der Waals surface area contributed by atoms with E-state index in [-0.39, 0.29) is 23.9 Å². The van der Waals surface area contributed by atoms with Gasteiger partial charge in [-0.15, -0.1) is 0 Å². The minimum Gasteiger partial charge on any atom is -0.361 e. The molecule has 0 spiro atoms. The van der Waals surface area contributed by atoms with E-state index in [4.69, 9.17) is 4.52 Å². The van der Waals surface area contributed by atoms with Gasteiger partial charge in [0, 0.05) is 12.1 Å². The number of hydrogen-bond acceptors (Lipinski definition) is 4. The average Bonchev–Trinajstić information content (AvgIpc) is 3.16. The molecule has 172 valence electrons. The molecule has 1 heterocycles. The van der Waals surface area contributed by atoms with E-state index in [1.807, 2.05) is 35.2 Å². The Labute approximate surface area is 190 Å². The Morgan fingerprint density at radius 1 is 0.969 bits per heavy atom. The van der Waals surface area contributed by atoms with Crippen molar-refractivity contribution in [1.29, 1.82) is 0 Å². The molecule has 2 amide bonds. The van der Waals surface area contributed by atoms with Crippen molar-refractivity contribution in [2.24, 2.45) is 0 Å². The van der Waals surface area contributed by atoms with E-state index < -0.39 is 6.04 Å². The zero-order valence-corrected chi connectivity index (χ0v) is 19.3. The summed E-state index contributed by atoms with van der Waals surface area (Å²) < 4.78 is 5.32. The maximum absolute atomic E-state index is 14.0. The van der Waals surface area contributed by atoms with Gasteiger partial charge in [-0.05, 0) is 45.1 Å². The van der Waals surface area contributed by atoms with Crippen LogP contribution in [0.2, 0.25) is 0 Å². The first-order valence-corrected chi connectivity index (χ1v) is 12.2. The molecular weight excluding hydrogens is 402 g/mol. The van der Waals surface area contributed by atoms with Crippen molar-refractivity contribution in [2.75, 3.05) is 0 Å². The van der Waals surface area contributed by atoms with Crippen molar-refractivity contribution in [1.82, 2.24) is 15.4 Å². The zero-order valence-electron chi connectivity index (χ0n) is 19.3. The highest BCUT2D eigenvalue weighted by Gasteiger charge is 2.39. The van der Waals surface area contributed by atoms with Gasteiger partial charge in [-0.25, -0.2) is 0 Å². The molecule has 6 nitrogen and oxygen atoms in total. The predicted molar refractivity (Wildman–Crippen MR) is 123 cm³/mol. The van der Waals surface area contributed by atoms with Gasteiger partial charge in [0.05, 0.1) is 5.69 Å². The Morgan fingerprint density at radius 2 is 1.59 bits per heavy atom. The second-order valence-corrected chi connectivity index (χ2v) is 9.36. The first-order valence-electron chi connectivity index (χ1n) is 12.2. The fraction of sp³-hybridized carbons (Fsp3) is 0.577. The summed E-state index contributed by atoms with van der Waals surface area (Å²) in [5.41, 5.74) is 1.92. The molecule has 6 heteroatoms. The van der Waals surface area contributed by atoms with Gasteiger partial charge in [0.25, 0.3) is 5.91 Å². The molecule has 0 aliphatic heterocycles. The number of aryl methyl sites for hydroxylation is 2. The Kier molecular flexibility index (Phi) is 7.28. The lowest BCUT2D eigenvalue weighted by Crippen LogP contribution is -2.51. The number of rotatable bonds is 6. The van der Waals surface area contributed by atoms with Crippen LogP contribution < -0.4 is 5.32 Å². The highest BCUT2D eigenvalue weighted by atomic mass is 16.5. The van der Waals surface area contributed by atoms with Crippen molar-refractivity contribution in [2.45, 2.75) is 96.2 Å². The molecule has 1 aromatic heterocycles. The van der Waals surface area contributed by atoms with Gasteiger partial charge in [0.15, 0.2) is 0 Å². The smallest absolute Gasteiger partial charge is 0.260 e. The summed E-state index contributed by atoms with van der Waals surface area (Å²) in [7, 11) is 0. The second-order valence-electron chi connectivity index (χ2n) is 9.36. The van der Waals surface area contributed by atoms with Gasteiger partial charge < -0.3 is 14.7 Å². The summed E-state index contributed by atoms with van der Waals surface area (Å²) in [5, 5.41) is 7.31. The fourth-order valence-corrected chi connectivity index (χ4v) is 5.37. The topological polar surface area (TPSA) is 75.4 Å². The molecule has 1 aromatic carbocycles. The summed E-state index contributed by atoms with van der Waals surface area (Å²) in [4.78, 5) is 29.6. The first kappa shape index (κ1) is 22.6. The molecule has 1 unspecified atom stereocenters. The predicted octanol–water partition coefficient (Wildman–Crippen LogP) is 5.26. The molecule has 1 N–H and O–H groups in total. The fourth-order valence-electron chi connectivity index (χ4n) is 5.37. The number of carbonyl (C=O) groups excluding carboxylic acids is 2. The SMILES string of the molecule is Cc1noc(C)c1C(=O)N(C1CCCCC1)C(C(=O)NC1CCCCC1)c1ccccc1. The van der Waals surface area contributed by atoms with Crippen LogP contribution in [0.25, 0.3) is 0 Å². The number of benzene rings is 1. The third kappa shape index (κ3) is 4.89. The maximum Gasteiger partial charge on any atom is 0.260 e. The monoisotopic (exact) mass is 437 g/mol. The average molecular weight is 438 g/mol. The first-order chi connectivity index (χ1) is 15.6. The van der Waals surface area contributed by atoms with E-state index in [0.29, 0.717) is 17.0 Å². The van der Waals surface area contributed by atoms with E-state index in [1.165, 1.54) is 12.8 Å². The molecule has 0 bridgehead atoms. The lowest BCUT2D eigenvalue weighted by molar-refractivity contribution is -0.127. The van der Waals surface area contributed by atoms with E-state index in [9.17, 15) is 9.59 Å². The van der Waals surface area contributed by atoms with Gasteiger partial charge in [-0.2, -0.15) is 0 Å². The highest BCUT2D eigenvalue weighted by Crippen LogP contribution is 2.34. The lowest BCUT2D eigenvalue weighted by Gasteiger charge is -2.40. The largest absolute Gasteiger partial charge is 0.361 e. The third-order valence-electron chi connectivity index (χ3n) is 7.04. The Morgan fingerprint density at radius 3 is 2.19 bits per heavy atom. The molecule has 32 heavy (non-hydrogen) atoms. The van der Waals surface area contributed by atoms with E-state index >= 15 is 0 Å². The Bertz CT molecular complexity index is 892. The van der Waals surface area contributed by atoms with Crippen LogP contribution in [0.5, 0.6) is 0 Å².